The quantitative estimate of drug-likeness (QED) is 0.666. The van der Waals surface area contributed by atoms with Crippen molar-refractivity contribution in [2.75, 3.05) is 19.6 Å². The number of hydrogen-bond acceptors (Lipinski definition) is 4. The van der Waals surface area contributed by atoms with E-state index in [0.717, 1.165) is 25.9 Å². The highest BCUT2D eigenvalue weighted by molar-refractivity contribution is 5.79. The van der Waals surface area contributed by atoms with Crippen molar-refractivity contribution in [2.45, 2.75) is 57.7 Å². The summed E-state index contributed by atoms with van der Waals surface area (Å²) in [5.41, 5.74) is 4.23. The summed E-state index contributed by atoms with van der Waals surface area (Å²) >= 11 is 0. The van der Waals surface area contributed by atoms with E-state index in [9.17, 15) is 9.90 Å². The Bertz CT molecular complexity index is 289. The zero-order chi connectivity index (χ0) is 14.0. The molecule has 1 aliphatic rings. The maximum absolute atomic E-state index is 12.0. The molecule has 0 unspecified atom stereocenters. The van der Waals surface area contributed by atoms with E-state index in [2.05, 4.69) is 10.2 Å². The van der Waals surface area contributed by atoms with Crippen LogP contribution in [0.1, 0.15) is 40.5 Å². The highest BCUT2D eigenvalue weighted by Gasteiger charge is 2.36. The summed E-state index contributed by atoms with van der Waals surface area (Å²) in [6, 6.07) is 0.275. The minimum absolute atomic E-state index is 0.0439. The largest absolute Gasteiger partial charge is 0.388 e. The Balaban J connectivity index is 2.42. The fourth-order valence-electron chi connectivity index (χ4n) is 1.86. The monoisotopic (exact) mass is 257 g/mol. The number of hydrogen-bond donors (Lipinski definition) is 3. The molecule has 0 atom stereocenters. The van der Waals surface area contributed by atoms with Crippen molar-refractivity contribution < 1.29 is 9.90 Å². The third-order valence-corrected chi connectivity index (χ3v) is 3.98. The van der Waals surface area contributed by atoms with E-state index in [4.69, 9.17) is 5.73 Å². The molecule has 0 aromatic rings. The molecule has 0 aromatic carbocycles. The van der Waals surface area contributed by atoms with Crippen LogP contribution in [-0.4, -0.2) is 52.7 Å². The van der Waals surface area contributed by atoms with E-state index in [1.807, 2.05) is 13.8 Å². The lowest BCUT2D eigenvalue weighted by Crippen LogP contribution is -2.59. The highest BCUT2D eigenvalue weighted by Crippen LogP contribution is 2.20. The van der Waals surface area contributed by atoms with Gasteiger partial charge >= 0.3 is 0 Å². The summed E-state index contributed by atoms with van der Waals surface area (Å²) in [6.45, 7) is 9.19. The number of nitrogens with two attached hydrogens (primary N) is 1. The smallest absolute Gasteiger partial charge is 0.234 e. The summed E-state index contributed by atoms with van der Waals surface area (Å²) in [7, 11) is 0. The van der Waals surface area contributed by atoms with Crippen LogP contribution in [0.25, 0.3) is 0 Å². The minimum atomic E-state index is -0.951. The summed E-state index contributed by atoms with van der Waals surface area (Å²) in [6.07, 6.45) is 1.89. The molecule has 4 N–H and O–H groups in total. The molecule has 5 nitrogen and oxygen atoms in total. The lowest BCUT2D eigenvalue weighted by molar-refractivity contribution is -0.127. The molecule has 18 heavy (non-hydrogen) atoms. The van der Waals surface area contributed by atoms with E-state index in [-0.39, 0.29) is 11.9 Å². The molecular weight excluding hydrogens is 230 g/mol. The third-order valence-electron chi connectivity index (χ3n) is 3.98. The van der Waals surface area contributed by atoms with Crippen molar-refractivity contribution in [3.05, 3.63) is 0 Å². The van der Waals surface area contributed by atoms with Gasteiger partial charge in [0.2, 0.25) is 5.91 Å². The first kappa shape index (κ1) is 15.4. The van der Waals surface area contributed by atoms with Gasteiger partial charge in [-0.15, -0.1) is 0 Å². The van der Waals surface area contributed by atoms with Crippen molar-refractivity contribution in [3.8, 4) is 0 Å². The molecule has 0 bridgehead atoms. The van der Waals surface area contributed by atoms with Gasteiger partial charge in [0.25, 0.3) is 0 Å². The standard InChI is InChI=1S/C13H27N3O2/c1-12(2,13(3,4)18)15-11(17)9-16-7-5-10(14)6-8-16/h10,18H,5-9,14H2,1-4H3,(H,15,17). The van der Waals surface area contributed by atoms with E-state index in [1.165, 1.54) is 0 Å². The second-order valence-electron chi connectivity index (χ2n) is 6.35. The molecule has 0 saturated carbocycles. The fraction of sp³-hybridized carbons (Fsp3) is 0.923. The fourth-order valence-corrected chi connectivity index (χ4v) is 1.86. The molecule has 5 heteroatoms. The van der Waals surface area contributed by atoms with Gasteiger partial charge in [-0.05, 0) is 40.5 Å². The zero-order valence-corrected chi connectivity index (χ0v) is 12.0. The van der Waals surface area contributed by atoms with E-state index < -0.39 is 11.1 Å². The lowest BCUT2D eigenvalue weighted by atomic mass is 9.86. The maximum Gasteiger partial charge on any atom is 0.234 e. The first-order valence-electron chi connectivity index (χ1n) is 6.63. The Hall–Kier alpha value is -0.650. The van der Waals surface area contributed by atoms with Gasteiger partial charge in [0.1, 0.15) is 0 Å². The molecule has 106 valence electrons. The lowest BCUT2D eigenvalue weighted by Gasteiger charge is -2.39. The first-order chi connectivity index (χ1) is 8.12. The van der Waals surface area contributed by atoms with Gasteiger partial charge in [0, 0.05) is 19.1 Å². The van der Waals surface area contributed by atoms with Gasteiger partial charge in [0.15, 0.2) is 0 Å². The summed E-state index contributed by atoms with van der Waals surface area (Å²) in [4.78, 5) is 14.1. The van der Waals surface area contributed by atoms with Crippen molar-refractivity contribution >= 4 is 5.91 Å². The Morgan fingerprint density at radius 1 is 1.33 bits per heavy atom. The normalized spacial score (nSPS) is 19.9. The summed E-state index contributed by atoms with van der Waals surface area (Å²) in [5.74, 6) is -0.0439. The van der Waals surface area contributed by atoms with Gasteiger partial charge in [0.05, 0.1) is 17.7 Å². The molecule has 1 heterocycles. The second kappa shape index (κ2) is 5.55. The molecular formula is C13H27N3O2. The maximum atomic E-state index is 12.0. The number of likely N-dealkylation sites (tertiary alicyclic amines) is 1. The molecule has 1 amide bonds. The van der Waals surface area contributed by atoms with Crippen LogP contribution < -0.4 is 11.1 Å². The van der Waals surface area contributed by atoms with Gasteiger partial charge in [-0.3, -0.25) is 9.69 Å². The number of rotatable bonds is 4. The number of piperidine rings is 1. The Labute approximate surface area is 110 Å². The van der Waals surface area contributed by atoms with Crippen LogP contribution in [0.5, 0.6) is 0 Å². The van der Waals surface area contributed by atoms with Crippen molar-refractivity contribution in [1.29, 1.82) is 0 Å². The van der Waals surface area contributed by atoms with Crippen LogP contribution in [0, 0.1) is 0 Å². The molecule has 0 radical (unpaired) electrons. The SMILES string of the molecule is CC(C)(O)C(C)(C)NC(=O)CN1CCC(N)CC1. The predicted molar refractivity (Wildman–Crippen MR) is 72.2 cm³/mol. The van der Waals surface area contributed by atoms with Crippen LogP contribution in [0.15, 0.2) is 0 Å². The van der Waals surface area contributed by atoms with Crippen LogP contribution >= 0.6 is 0 Å². The Kier molecular flexibility index (Phi) is 4.75. The van der Waals surface area contributed by atoms with Crippen LogP contribution in [-0.2, 0) is 4.79 Å². The molecule has 0 aliphatic carbocycles. The minimum Gasteiger partial charge on any atom is -0.388 e. The van der Waals surface area contributed by atoms with Crippen LogP contribution in [0.4, 0.5) is 0 Å². The summed E-state index contributed by atoms with van der Waals surface area (Å²) in [5, 5.41) is 12.9. The van der Waals surface area contributed by atoms with Gasteiger partial charge < -0.3 is 16.2 Å². The Morgan fingerprint density at radius 2 is 1.83 bits per heavy atom. The molecule has 1 rings (SSSR count). The number of carbonyl (C=O) groups is 1. The van der Waals surface area contributed by atoms with E-state index in [1.54, 1.807) is 13.8 Å². The van der Waals surface area contributed by atoms with E-state index >= 15 is 0 Å². The third kappa shape index (κ3) is 4.23. The van der Waals surface area contributed by atoms with Crippen LogP contribution in [0.3, 0.4) is 0 Å². The number of carbonyl (C=O) groups excluding carboxylic acids is 1. The molecule has 1 aliphatic heterocycles. The van der Waals surface area contributed by atoms with Crippen molar-refractivity contribution in [3.63, 3.8) is 0 Å². The second-order valence-corrected chi connectivity index (χ2v) is 6.35. The van der Waals surface area contributed by atoms with Gasteiger partial charge in [-0.2, -0.15) is 0 Å². The van der Waals surface area contributed by atoms with Crippen LogP contribution in [0.2, 0.25) is 0 Å². The molecule has 0 spiro atoms. The first-order valence-corrected chi connectivity index (χ1v) is 6.63. The molecule has 1 saturated heterocycles. The number of nitrogens with zero attached hydrogens (tertiary/aromatic N) is 1. The zero-order valence-electron chi connectivity index (χ0n) is 12.0. The molecule has 1 fully saturated rings. The van der Waals surface area contributed by atoms with Crippen molar-refractivity contribution in [2.24, 2.45) is 5.73 Å². The molecule has 0 aromatic heterocycles. The number of aliphatic hydroxyl groups is 1. The predicted octanol–water partition coefficient (Wildman–Crippen LogP) is 0.0752. The number of amides is 1. The average molecular weight is 257 g/mol. The van der Waals surface area contributed by atoms with Crippen molar-refractivity contribution in [1.82, 2.24) is 10.2 Å². The highest BCUT2D eigenvalue weighted by atomic mass is 16.3. The van der Waals surface area contributed by atoms with Gasteiger partial charge in [-0.25, -0.2) is 0 Å². The topological polar surface area (TPSA) is 78.6 Å². The Morgan fingerprint density at radius 3 is 2.28 bits per heavy atom. The number of nitrogens with one attached hydrogen (secondary N) is 1. The van der Waals surface area contributed by atoms with Gasteiger partial charge in [-0.1, -0.05) is 0 Å². The average Bonchev–Trinajstić information content (AvgIpc) is 2.19. The summed E-state index contributed by atoms with van der Waals surface area (Å²) < 4.78 is 0. The van der Waals surface area contributed by atoms with E-state index in [0.29, 0.717) is 6.54 Å².